The third-order valence-electron chi connectivity index (χ3n) is 3.38. The maximum Gasteiger partial charge on any atom is 0.179 e. The van der Waals surface area contributed by atoms with Crippen molar-refractivity contribution < 1.29 is 8.42 Å². The molecule has 96 valence electrons. The van der Waals surface area contributed by atoms with Crippen LogP contribution >= 0.6 is 12.2 Å². The molecule has 0 saturated carbocycles. The minimum atomic E-state index is -2.96. The number of hydrogen-bond donors (Lipinski definition) is 1. The zero-order valence-corrected chi connectivity index (χ0v) is 11.3. The topological polar surface area (TPSA) is 67.8 Å². The Morgan fingerprint density at radius 1 is 1.56 bits per heavy atom. The Kier molecular flexibility index (Phi) is 2.74. The van der Waals surface area contributed by atoms with Crippen molar-refractivity contribution in [3.05, 3.63) is 23.1 Å². The summed E-state index contributed by atoms with van der Waals surface area (Å²) >= 11 is 5.24. The largest absolute Gasteiger partial charge is 0.329 e. The van der Waals surface area contributed by atoms with Gasteiger partial charge in [0, 0.05) is 12.7 Å². The van der Waals surface area contributed by atoms with E-state index in [0.717, 1.165) is 17.6 Å². The molecule has 0 aromatic carbocycles. The van der Waals surface area contributed by atoms with Crippen LogP contribution in [0.1, 0.15) is 12.8 Å². The standard InChI is InChI=1S/C11H13N3O2S2/c15-18(16)6-2-3-8(18)7-14-10-9(13-11(14)17)4-1-5-12-10/h1,4-5,8H,2-3,6-7H2,(H,13,17). The maximum absolute atomic E-state index is 11.9. The van der Waals surface area contributed by atoms with Gasteiger partial charge in [0.05, 0.1) is 16.5 Å². The first-order chi connectivity index (χ1) is 8.58. The summed E-state index contributed by atoms with van der Waals surface area (Å²) in [7, 11) is -2.96. The lowest BCUT2D eigenvalue weighted by Gasteiger charge is -2.10. The Morgan fingerprint density at radius 2 is 2.39 bits per heavy atom. The Morgan fingerprint density at radius 3 is 3.11 bits per heavy atom. The molecule has 1 aliphatic heterocycles. The first kappa shape index (κ1) is 11.9. The lowest BCUT2D eigenvalue weighted by molar-refractivity contribution is 0.567. The fourth-order valence-electron chi connectivity index (χ4n) is 2.42. The van der Waals surface area contributed by atoms with Gasteiger partial charge in [-0.2, -0.15) is 0 Å². The van der Waals surface area contributed by atoms with Gasteiger partial charge in [-0.25, -0.2) is 13.4 Å². The first-order valence-corrected chi connectivity index (χ1v) is 7.95. The van der Waals surface area contributed by atoms with Gasteiger partial charge < -0.3 is 9.55 Å². The van der Waals surface area contributed by atoms with Crippen LogP contribution < -0.4 is 0 Å². The van der Waals surface area contributed by atoms with Crippen molar-refractivity contribution in [3.8, 4) is 0 Å². The van der Waals surface area contributed by atoms with Gasteiger partial charge >= 0.3 is 0 Å². The molecular weight excluding hydrogens is 270 g/mol. The quantitative estimate of drug-likeness (QED) is 0.851. The van der Waals surface area contributed by atoms with Crippen molar-refractivity contribution in [3.63, 3.8) is 0 Å². The van der Waals surface area contributed by atoms with E-state index in [1.165, 1.54) is 0 Å². The second kappa shape index (κ2) is 4.17. The molecule has 2 aromatic heterocycles. The molecule has 0 spiro atoms. The summed E-state index contributed by atoms with van der Waals surface area (Å²) in [6.07, 6.45) is 3.14. The van der Waals surface area contributed by atoms with Gasteiger partial charge in [-0.15, -0.1) is 0 Å². The van der Waals surface area contributed by atoms with Gasteiger partial charge in [-0.3, -0.25) is 0 Å². The monoisotopic (exact) mass is 283 g/mol. The van der Waals surface area contributed by atoms with E-state index in [9.17, 15) is 8.42 Å². The first-order valence-electron chi connectivity index (χ1n) is 5.83. The number of hydrogen-bond acceptors (Lipinski definition) is 4. The van der Waals surface area contributed by atoms with Crippen LogP contribution in [0.3, 0.4) is 0 Å². The smallest absolute Gasteiger partial charge is 0.179 e. The molecule has 5 nitrogen and oxygen atoms in total. The molecule has 2 aromatic rings. The number of H-pyrrole nitrogens is 1. The molecule has 1 unspecified atom stereocenters. The molecule has 18 heavy (non-hydrogen) atoms. The van der Waals surface area contributed by atoms with E-state index in [1.807, 2.05) is 12.1 Å². The SMILES string of the molecule is O=S1(=O)CCCC1Cn1c(=S)[nH]c2cccnc21. The second-order valence-electron chi connectivity index (χ2n) is 4.55. The second-order valence-corrected chi connectivity index (χ2v) is 7.33. The van der Waals surface area contributed by atoms with Gasteiger partial charge in [0.1, 0.15) is 0 Å². The zero-order chi connectivity index (χ0) is 12.8. The molecular formula is C11H13N3O2S2. The molecule has 1 fully saturated rings. The number of rotatable bonds is 2. The van der Waals surface area contributed by atoms with Crippen molar-refractivity contribution in [2.45, 2.75) is 24.6 Å². The number of nitrogens with zero attached hydrogens (tertiary/aromatic N) is 2. The van der Waals surface area contributed by atoms with E-state index in [2.05, 4.69) is 9.97 Å². The van der Waals surface area contributed by atoms with Gasteiger partial charge in [0.25, 0.3) is 0 Å². The lowest BCUT2D eigenvalue weighted by atomic mass is 10.2. The lowest BCUT2D eigenvalue weighted by Crippen LogP contribution is -2.22. The molecule has 1 saturated heterocycles. The highest BCUT2D eigenvalue weighted by Gasteiger charge is 2.32. The summed E-state index contributed by atoms with van der Waals surface area (Å²) in [5, 5.41) is -0.329. The zero-order valence-electron chi connectivity index (χ0n) is 9.67. The van der Waals surface area contributed by atoms with Crippen LogP contribution in [0.25, 0.3) is 11.2 Å². The number of imidazole rings is 1. The summed E-state index contributed by atoms with van der Waals surface area (Å²) in [5.74, 6) is 0.292. The number of sulfone groups is 1. The Balaban J connectivity index is 2.05. The highest BCUT2D eigenvalue weighted by molar-refractivity contribution is 7.92. The molecule has 3 rings (SSSR count). The van der Waals surface area contributed by atoms with Crippen LogP contribution in [0.2, 0.25) is 0 Å². The average Bonchev–Trinajstić information content (AvgIpc) is 2.81. The number of pyridine rings is 1. The summed E-state index contributed by atoms with van der Waals surface area (Å²) in [4.78, 5) is 7.31. The number of nitrogens with one attached hydrogen (secondary N) is 1. The third-order valence-corrected chi connectivity index (χ3v) is 5.96. The van der Waals surface area contributed by atoms with Crippen molar-refractivity contribution in [1.82, 2.24) is 14.5 Å². The number of aromatic nitrogens is 3. The molecule has 7 heteroatoms. The fraction of sp³-hybridized carbons (Fsp3) is 0.455. The van der Waals surface area contributed by atoms with E-state index in [0.29, 0.717) is 23.5 Å². The van der Waals surface area contributed by atoms with Crippen LogP contribution in [0.4, 0.5) is 0 Å². The van der Waals surface area contributed by atoms with Crippen molar-refractivity contribution in [2.24, 2.45) is 0 Å². The average molecular weight is 283 g/mol. The van der Waals surface area contributed by atoms with Crippen LogP contribution in [-0.4, -0.2) is 34.0 Å². The van der Waals surface area contributed by atoms with Gasteiger partial charge in [-0.05, 0) is 37.2 Å². The maximum atomic E-state index is 11.9. The molecule has 0 bridgehead atoms. The Labute approximate surface area is 110 Å². The fourth-order valence-corrected chi connectivity index (χ4v) is 4.50. The van der Waals surface area contributed by atoms with Crippen LogP contribution in [0.5, 0.6) is 0 Å². The summed E-state index contributed by atoms with van der Waals surface area (Å²) in [6.45, 7) is 0.401. The van der Waals surface area contributed by atoms with E-state index >= 15 is 0 Å². The third kappa shape index (κ3) is 1.87. The minimum absolute atomic E-state index is 0.292. The highest BCUT2D eigenvalue weighted by Crippen LogP contribution is 2.23. The molecule has 3 heterocycles. The number of fused-ring (bicyclic) bond motifs is 1. The van der Waals surface area contributed by atoms with Crippen LogP contribution in [-0.2, 0) is 16.4 Å². The van der Waals surface area contributed by atoms with Crippen molar-refractivity contribution >= 4 is 33.2 Å². The van der Waals surface area contributed by atoms with Gasteiger partial charge in [0.2, 0.25) is 0 Å². The normalized spacial score (nSPS) is 22.6. The van der Waals surface area contributed by atoms with Crippen LogP contribution in [0, 0.1) is 4.77 Å². The molecule has 0 radical (unpaired) electrons. The van der Waals surface area contributed by atoms with Crippen molar-refractivity contribution in [2.75, 3.05) is 5.75 Å². The molecule has 0 aliphatic carbocycles. The van der Waals surface area contributed by atoms with Gasteiger partial charge in [-0.1, -0.05) is 0 Å². The van der Waals surface area contributed by atoms with Gasteiger partial charge in [0.15, 0.2) is 20.3 Å². The molecule has 1 atom stereocenters. The minimum Gasteiger partial charge on any atom is -0.329 e. The Bertz CT molecular complexity index is 745. The molecule has 1 aliphatic rings. The van der Waals surface area contributed by atoms with E-state index in [-0.39, 0.29) is 5.25 Å². The summed E-state index contributed by atoms with van der Waals surface area (Å²) in [5.41, 5.74) is 1.57. The predicted molar refractivity (Wildman–Crippen MR) is 71.7 cm³/mol. The predicted octanol–water partition coefficient (Wildman–Crippen LogP) is 1.67. The number of aromatic amines is 1. The Hall–Kier alpha value is -1.21. The summed E-state index contributed by atoms with van der Waals surface area (Å²) in [6, 6.07) is 3.71. The highest BCUT2D eigenvalue weighted by atomic mass is 32.2. The molecule has 1 N–H and O–H groups in total. The molecule has 0 amide bonds. The van der Waals surface area contributed by atoms with Crippen molar-refractivity contribution in [1.29, 1.82) is 0 Å². The van der Waals surface area contributed by atoms with E-state index in [1.54, 1.807) is 10.8 Å². The summed E-state index contributed by atoms with van der Waals surface area (Å²) < 4.78 is 26.0. The van der Waals surface area contributed by atoms with E-state index < -0.39 is 9.84 Å². The van der Waals surface area contributed by atoms with Crippen LogP contribution in [0.15, 0.2) is 18.3 Å². The van der Waals surface area contributed by atoms with E-state index in [4.69, 9.17) is 12.2 Å².